The zero-order chi connectivity index (χ0) is 11.0. The average Bonchev–Trinajstić information content (AvgIpc) is 2.90. The van der Waals surface area contributed by atoms with Gasteiger partial charge in [-0.3, -0.25) is 9.67 Å². The maximum absolute atomic E-state index is 6.07. The van der Waals surface area contributed by atoms with Gasteiger partial charge in [-0.25, -0.2) is 0 Å². The zero-order valence-corrected chi connectivity index (χ0v) is 9.41. The second kappa shape index (κ2) is 3.79. The summed E-state index contributed by atoms with van der Waals surface area (Å²) in [4.78, 5) is 4.35. The standard InChI is InChI=1S/C11H11ClN4/c12-11-8-3-1-2-4-9(8)16(15-11)7-10-13-5-6-14-10/h1-4H,5-7H2,(H,13,14). The minimum atomic E-state index is 0.550. The Morgan fingerprint density at radius 2 is 2.25 bits per heavy atom. The van der Waals surface area contributed by atoms with Crippen LogP contribution in [0.5, 0.6) is 0 Å². The van der Waals surface area contributed by atoms with E-state index in [0.717, 1.165) is 29.8 Å². The molecule has 0 spiro atoms. The summed E-state index contributed by atoms with van der Waals surface area (Å²) in [6.07, 6.45) is 0. The van der Waals surface area contributed by atoms with E-state index in [4.69, 9.17) is 11.6 Å². The molecule has 4 nitrogen and oxygen atoms in total. The number of nitrogens with one attached hydrogen (secondary N) is 1. The third-order valence-corrected chi connectivity index (χ3v) is 2.94. The Labute approximate surface area is 97.9 Å². The van der Waals surface area contributed by atoms with Gasteiger partial charge in [-0.15, -0.1) is 0 Å². The fraction of sp³-hybridized carbons (Fsp3) is 0.273. The summed E-state index contributed by atoms with van der Waals surface area (Å²) in [5.41, 5.74) is 1.05. The number of aromatic nitrogens is 2. The molecule has 0 aliphatic carbocycles. The predicted octanol–water partition coefficient (Wildman–Crippen LogP) is 1.69. The molecule has 1 aliphatic heterocycles. The summed E-state index contributed by atoms with van der Waals surface area (Å²) in [6, 6.07) is 7.95. The van der Waals surface area contributed by atoms with Crippen LogP contribution in [-0.2, 0) is 6.54 Å². The lowest BCUT2D eigenvalue weighted by molar-refractivity contribution is 0.739. The monoisotopic (exact) mass is 234 g/mol. The van der Waals surface area contributed by atoms with Crippen molar-refractivity contribution in [2.75, 3.05) is 13.1 Å². The Bertz CT molecular complexity index is 558. The van der Waals surface area contributed by atoms with E-state index in [1.54, 1.807) is 0 Å². The lowest BCUT2D eigenvalue weighted by atomic mass is 10.2. The third-order valence-electron chi connectivity index (χ3n) is 2.66. The SMILES string of the molecule is Clc1nn(CC2=NCCN2)c2ccccc12. The molecule has 0 saturated heterocycles. The molecule has 1 aromatic carbocycles. The lowest BCUT2D eigenvalue weighted by Gasteiger charge is -2.03. The average molecular weight is 235 g/mol. The normalized spacial score (nSPS) is 15.2. The number of amidine groups is 1. The second-order valence-corrected chi connectivity index (χ2v) is 4.08. The number of hydrogen-bond acceptors (Lipinski definition) is 3. The predicted molar refractivity (Wildman–Crippen MR) is 65.0 cm³/mol. The largest absolute Gasteiger partial charge is 0.370 e. The molecule has 1 N–H and O–H groups in total. The first kappa shape index (κ1) is 9.66. The van der Waals surface area contributed by atoms with Gasteiger partial charge in [0.1, 0.15) is 5.84 Å². The van der Waals surface area contributed by atoms with Crippen molar-refractivity contribution < 1.29 is 0 Å². The molecule has 5 heteroatoms. The number of para-hydroxylation sites is 1. The highest BCUT2D eigenvalue weighted by atomic mass is 35.5. The van der Waals surface area contributed by atoms with Crippen LogP contribution in [-0.4, -0.2) is 28.7 Å². The lowest BCUT2D eigenvalue weighted by Crippen LogP contribution is -2.24. The Balaban J connectivity index is 2.03. The Kier molecular flexibility index (Phi) is 2.29. The van der Waals surface area contributed by atoms with E-state index in [1.165, 1.54) is 0 Å². The fourth-order valence-electron chi connectivity index (χ4n) is 1.90. The number of hydrogen-bond donors (Lipinski definition) is 1. The molecular weight excluding hydrogens is 224 g/mol. The van der Waals surface area contributed by atoms with Crippen LogP contribution in [0.2, 0.25) is 5.15 Å². The Morgan fingerprint density at radius 3 is 3.06 bits per heavy atom. The third kappa shape index (κ3) is 1.55. The first-order chi connectivity index (χ1) is 7.84. The number of halogens is 1. The topological polar surface area (TPSA) is 42.2 Å². The van der Waals surface area contributed by atoms with E-state index in [-0.39, 0.29) is 0 Å². The molecule has 0 unspecified atom stereocenters. The summed E-state index contributed by atoms with van der Waals surface area (Å²) in [7, 11) is 0. The van der Waals surface area contributed by atoms with Gasteiger partial charge in [0.2, 0.25) is 0 Å². The Hall–Kier alpha value is -1.55. The number of aliphatic imine (C=N–C) groups is 1. The maximum atomic E-state index is 6.07. The van der Waals surface area contributed by atoms with Crippen molar-refractivity contribution in [3.8, 4) is 0 Å². The maximum Gasteiger partial charge on any atom is 0.158 e. The van der Waals surface area contributed by atoms with Crippen molar-refractivity contribution in [2.45, 2.75) is 6.54 Å². The highest BCUT2D eigenvalue weighted by Gasteiger charge is 2.11. The quantitative estimate of drug-likeness (QED) is 0.859. The van der Waals surface area contributed by atoms with E-state index in [1.807, 2.05) is 28.9 Å². The summed E-state index contributed by atoms with van der Waals surface area (Å²) in [6.45, 7) is 2.43. The van der Waals surface area contributed by atoms with E-state index in [2.05, 4.69) is 15.4 Å². The molecule has 0 radical (unpaired) electrons. The van der Waals surface area contributed by atoms with Crippen LogP contribution < -0.4 is 5.32 Å². The number of benzene rings is 1. The van der Waals surface area contributed by atoms with Crippen LogP contribution >= 0.6 is 11.6 Å². The summed E-state index contributed by atoms with van der Waals surface area (Å²) in [5.74, 6) is 0.977. The first-order valence-electron chi connectivity index (χ1n) is 5.23. The van der Waals surface area contributed by atoms with Crippen LogP contribution in [0.25, 0.3) is 10.9 Å². The fourth-order valence-corrected chi connectivity index (χ4v) is 2.15. The van der Waals surface area contributed by atoms with E-state index < -0.39 is 0 Å². The molecule has 0 saturated carbocycles. The highest BCUT2D eigenvalue weighted by molar-refractivity contribution is 6.34. The summed E-state index contributed by atoms with van der Waals surface area (Å²) >= 11 is 6.07. The van der Waals surface area contributed by atoms with Crippen LogP contribution in [0.3, 0.4) is 0 Å². The Morgan fingerprint density at radius 1 is 1.38 bits per heavy atom. The van der Waals surface area contributed by atoms with Gasteiger partial charge in [0.25, 0.3) is 0 Å². The smallest absolute Gasteiger partial charge is 0.158 e. The molecule has 1 aromatic heterocycles. The van der Waals surface area contributed by atoms with Crippen molar-refractivity contribution >= 4 is 28.3 Å². The van der Waals surface area contributed by atoms with Crippen molar-refractivity contribution in [1.82, 2.24) is 15.1 Å². The zero-order valence-electron chi connectivity index (χ0n) is 8.65. The molecule has 0 bridgehead atoms. The van der Waals surface area contributed by atoms with Gasteiger partial charge in [-0.05, 0) is 12.1 Å². The van der Waals surface area contributed by atoms with Gasteiger partial charge in [-0.1, -0.05) is 23.7 Å². The molecule has 0 fully saturated rings. The number of fused-ring (bicyclic) bond motifs is 1. The summed E-state index contributed by atoms with van der Waals surface area (Å²) < 4.78 is 1.88. The molecule has 2 aromatic rings. The van der Waals surface area contributed by atoms with Crippen molar-refractivity contribution in [3.05, 3.63) is 29.4 Å². The molecule has 0 amide bonds. The minimum absolute atomic E-state index is 0.550. The van der Waals surface area contributed by atoms with Crippen LogP contribution in [0.1, 0.15) is 0 Å². The van der Waals surface area contributed by atoms with Crippen LogP contribution in [0.15, 0.2) is 29.3 Å². The van der Waals surface area contributed by atoms with Crippen molar-refractivity contribution in [1.29, 1.82) is 0 Å². The molecule has 16 heavy (non-hydrogen) atoms. The van der Waals surface area contributed by atoms with Gasteiger partial charge < -0.3 is 5.32 Å². The molecular formula is C11H11ClN4. The molecule has 3 rings (SSSR count). The van der Waals surface area contributed by atoms with E-state index in [0.29, 0.717) is 11.7 Å². The highest BCUT2D eigenvalue weighted by Crippen LogP contribution is 2.22. The molecule has 82 valence electrons. The molecule has 1 aliphatic rings. The van der Waals surface area contributed by atoms with Gasteiger partial charge in [0, 0.05) is 11.9 Å². The number of nitrogens with zero attached hydrogens (tertiary/aromatic N) is 3. The molecule has 2 heterocycles. The van der Waals surface area contributed by atoms with E-state index in [9.17, 15) is 0 Å². The summed E-state index contributed by atoms with van der Waals surface area (Å²) in [5, 5.41) is 9.08. The van der Waals surface area contributed by atoms with Crippen molar-refractivity contribution in [3.63, 3.8) is 0 Å². The minimum Gasteiger partial charge on any atom is -0.370 e. The van der Waals surface area contributed by atoms with Gasteiger partial charge >= 0.3 is 0 Å². The van der Waals surface area contributed by atoms with Crippen molar-refractivity contribution in [2.24, 2.45) is 4.99 Å². The second-order valence-electron chi connectivity index (χ2n) is 3.72. The van der Waals surface area contributed by atoms with E-state index >= 15 is 0 Å². The number of rotatable bonds is 2. The first-order valence-corrected chi connectivity index (χ1v) is 5.60. The van der Waals surface area contributed by atoms with Gasteiger partial charge in [0.15, 0.2) is 5.15 Å². The molecule has 0 atom stereocenters. The van der Waals surface area contributed by atoms with Crippen LogP contribution in [0, 0.1) is 0 Å². The van der Waals surface area contributed by atoms with Gasteiger partial charge in [0.05, 0.1) is 18.6 Å². The van der Waals surface area contributed by atoms with Gasteiger partial charge in [-0.2, -0.15) is 5.10 Å². The van der Waals surface area contributed by atoms with Crippen LogP contribution in [0.4, 0.5) is 0 Å².